The third-order valence-corrected chi connectivity index (χ3v) is 7.19. The van der Waals surface area contributed by atoms with E-state index in [1.165, 1.54) is 31.9 Å². The van der Waals surface area contributed by atoms with Crippen LogP contribution < -0.4 is 5.32 Å². The highest BCUT2D eigenvalue weighted by Crippen LogP contribution is 2.31. The van der Waals surface area contributed by atoms with Crippen LogP contribution in [-0.2, 0) is 14.8 Å². The van der Waals surface area contributed by atoms with Gasteiger partial charge < -0.3 is 5.32 Å². The van der Waals surface area contributed by atoms with Gasteiger partial charge in [0.1, 0.15) is 4.90 Å². The van der Waals surface area contributed by atoms with Crippen molar-refractivity contribution in [2.24, 2.45) is 0 Å². The number of hydrogen-bond acceptors (Lipinski definition) is 7. The lowest BCUT2D eigenvalue weighted by Gasteiger charge is -2.15. The number of aromatic nitrogens is 4. The molecular formula is C16H22N6O3S2. The topological polar surface area (TPSA) is 110 Å². The first-order chi connectivity index (χ1) is 12.9. The van der Waals surface area contributed by atoms with E-state index >= 15 is 0 Å². The van der Waals surface area contributed by atoms with Crippen LogP contribution in [0, 0.1) is 0 Å². The van der Waals surface area contributed by atoms with E-state index in [0.717, 1.165) is 30.0 Å². The molecule has 1 aromatic carbocycles. The molecule has 9 nitrogen and oxygen atoms in total. The van der Waals surface area contributed by atoms with Gasteiger partial charge in [-0.1, -0.05) is 36.7 Å². The summed E-state index contributed by atoms with van der Waals surface area (Å²) in [6.07, 6.45) is 4.40. The van der Waals surface area contributed by atoms with Gasteiger partial charge in [0, 0.05) is 14.1 Å². The fourth-order valence-electron chi connectivity index (χ4n) is 2.97. The van der Waals surface area contributed by atoms with E-state index in [2.05, 4.69) is 20.8 Å². The standard InChI is InChI=1S/C16H22N6O3S2/c1-21(2)27(24,25)14-10-6-5-9-13(14)17-15(23)11-26-16-18-19-20-22(16)12-7-3-4-8-12/h5-6,9-10,12H,3-4,7-8,11H2,1-2H3,(H,17,23). The quantitative estimate of drug-likeness (QED) is 0.693. The molecule has 3 rings (SSSR count). The fraction of sp³-hybridized carbons (Fsp3) is 0.500. The first-order valence-electron chi connectivity index (χ1n) is 8.61. The van der Waals surface area contributed by atoms with E-state index < -0.39 is 10.0 Å². The predicted molar refractivity (Wildman–Crippen MR) is 102 cm³/mol. The second-order valence-electron chi connectivity index (χ2n) is 6.46. The van der Waals surface area contributed by atoms with Crippen molar-refractivity contribution >= 4 is 33.4 Å². The molecule has 11 heteroatoms. The fourth-order valence-corrected chi connectivity index (χ4v) is 4.75. The summed E-state index contributed by atoms with van der Waals surface area (Å²) < 4.78 is 27.7. The SMILES string of the molecule is CN(C)S(=O)(=O)c1ccccc1NC(=O)CSc1nnnn1C1CCCC1. The molecular weight excluding hydrogens is 388 g/mol. The largest absolute Gasteiger partial charge is 0.324 e. The number of tetrazole rings is 1. The highest BCUT2D eigenvalue weighted by atomic mass is 32.2. The Morgan fingerprint density at radius 1 is 1.30 bits per heavy atom. The van der Waals surface area contributed by atoms with Crippen molar-refractivity contribution in [3.8, 4) is 0 Å². The van der Waals surface area contributed by atoms with Crippen molar-refractivity contribution in [3.63, 3.8) is 0 Å². The van der Waals surface area contributed by atoms with Crippen molar-refractivity contribution in [2.75, 3.05) is 25.2 Å². The van der Waals surface area contributed by atoms with Gasteiger partial charge in [0.2, 0.25) is 21.1 Å². The summed E-state index contributed by atoms with van der Waals surface area (Å²) in [6, 6.07) is 6.63. The summed E-state index contributed by atoms with van der Waals surface area (Å²) in [5, 5.41) is 15.0. The van der Waals surface area contributed by atoms with E-state index in [4.69, 9.17) is 0 Å². The highest BCUT2D eigenvalue weighted by Gasteiger charge is 2.24. The molecule has 0 saturated heterocycles. The van der Waals surface area contributed by atoms with Crippen LogP contribution in [0.25, 0.3) is 0 Å². The Morgan fingerprint density at radius 3 is 2.70 bits per heavy atom. The van der Waals surface area contributed by atoms with Crippen molar-refractivity contribution in [3.05, 3.63) is 24.3 Å². The summed E-state index contributed by atoms with van der Waals surface area (Å²) in [5.74, 6) is -0.230. The van der Waals surface area contributed by atoms with E-state index in [1.54, 1.807) is 22.9 Å². The number of rotatable bonds is 7. The molecule has 1 saturated carbocycles. The smallest absolute Gasteiger partial charge is 0.244 e. The van der Waals surface area contributed by atoms with Gasteiger partial charge in [0.05, 0.1) is 17.5 Å². The number of carbonyl (C=O) groups is 1. The van der Waals surface area contributed by atoms with Crippen LogP contribution in [0.15, 0.2) is 34.3 Å². The van der Waals surface area contributed by atoms with Crippen molar-refractivity contribution in [1.29, 1.82) is 0 Å². The van der Waals surface area contributed by atoms with E-state index in [0.29, 0.717) is 5.16 Å². The zero-order valence-electron chi connectivity index (χ0n) is 15.2. The zero-order chi connectivity index (χ0) is 19.4. The minimum Gasteiger partial charge on any atom is -0.324 e. The average Bonchev–Trinajstić information content (AvgIpc) is 3.31. The Balaban J connectivity index is 1.67. The van der Waals surface area contributed by atoms with Crippen LogP contribution in [-0.4, -0.2) is 58.7 Å². The number of nitrogens with one attached hydrogen (secondary N) is 1. The van der Waals surface area contributed by atoms with Crippen LogP contribution >= 0.6 is 11.8 Å². The average molecular weight is 411 g/mol. The Morgan fingerprint density at radius 2 is 2.00 bits per heavy atom. The number of hydrogen-bond donors (Lipinski definition) is 1. The van der Waals surface area contributed by atoms with Gasteiger partial charge in [-0.25, -0.2) is 17.4 Å². The maximum Gasteiger partial charge on any atom is 0.244 e. The monoisotopic (exact) mass is 410 g/mol. The molecule has 1 amide bonds. The number of benzene rings is 1. The predicted octanol–water partition coefficient (Wildman–Crippen LogP) is 1.77. The van der Waals surface area contributed by atoms with Crippen molar-refractivity contribution < 1.29 is 13.2 Å². The lowest BCUT2D eigenvalue weighted by atomic mass is 10.3. The van der Waals surface area contributed by atoms with Gasteiger partial charge in [0.25, 0.3) is 0 Å². The Hall–Kier alpha value is -1.98. The molecule has 0 radical (unpaired) electrons. The summed E-state index contributed by atoms with van der Waals surface area (Å²) in [7, 11) is -0.752. The molecule has 1 fully saturated rings. The van der Waals surface area contributed by atoms with Gasteiger partial charge in [-0.15, -0.1) is 5.10 Å². The van der Waals surface area contributed by atoms with Gasteiger partial charge in [0.15, 0.2) is 0 Å². The van der Waals surface area contributed by atoms with Crippen LogP contribution in [0.4, 0.5) is 5.69 Å². The maximum atomic E-state index is 12.4. The van der Waals surface area contributed by atoms with Gasteiger partial charge in [-0.2, -0.15) is 0 Å². The molecule has 146 valence electrons. The second-order valence-corrected chi connectivity index (χ2v) is 9.53. The lowest BCUT2D eigenvalue weighted by Crippen LogP contribution is -2.24. The molecule has 0 atom stereocenters. The lowest BCUT2D eigenvalue weighted by molar-refractivity contribution is -0.113. The number of para-hydroxylation sites is 1. The number of nitrogens with zero attached hydrogens (tertiary/aromatic N) is 5. The molecule has 1 N–H and O–H groups in total. The molecule has 27 heavy (non-hydrogen) atoms. The zero-order valence-corrected chi connectivity index (χ0v) is 16.8. The van der Waals surface area contributed by atoms with E-state index in [9.17, 15) is 13.2 Å². The Labute approximate surface area is 162 Å². The third kappa shape index (κ3) is 4.47. The molecule has 0 bridgehead atoms. The number of carbonyl (C=O) groups excluding carboxylic acids is 1. The number of anilines is 1. The number of sulfonamides is 1. The molecule has 2 aromatic rings. The summed E-state index contributed by atoms with van der Waals surface area (Å²) in [6.45, 7) is 0. The number of thioether (sulfide) groups is 1. The molecule has 1 aromatic heterocycles. The van der Waals surface area contributed by atoms with Gasteiger partial charge >= 0.3 is 0 Å². The third-order valence-electron chi connectivity index (χ3n) is 4.39. The first-order valence-corrected chi connectivity index (χ1v) is 11.0. The first kappa shape index (κ1) is 19.8. The van der Waals surface area contributed by atoms with Crippen LogP contribution in [0.5, 0.6) is 0 Å². The van der Waals surface area contributed by atoms with E-state index in [-0.39, 0.29) is 28.3 Å². The minimum absolute atomic E-state index is 0.0594. The van der Waals surface area contributed by atoms with Crippen molar-refractivity contribution in [2.45, 2.75) is 41.8 Å². The van der Waals surface area contributed by atoms with Crippen molar-refractivity contribution in [1.82, 2.24) is 24.5 Å². The summed E-state index contributed by atoms with van der Waals surface area (Å²) in [5.41, 5.74) is 0.257. The minimum atomic E-state index is -3.65. The molecule has 1 aliphatic rings. The summed E-state index contributed by atoms with van der Waals surface area (Å²) >= 11 is 1.24. The molecule has 1 aliphatic carbocycles. The van der Waals surface area contributed by atoms with E-state index in [1.807, 2.05) is 0 Å². The van der Waals surface area contributed by atoms with Crippen LogP contribution in [0.3, 0.4) is 0 Å². The molecule has 0 unspecified atom stereocenters. The highest BCUT2D eigenvalue weighted by molar-refractivity contribution is 7.99. The normalized spacial score (nSPS) is 15.4. The van der Waals surface area contributed by atoms with Gasteiger partial charge in [-0.3, -0.25) is 4.79 Å². The van der Waals surface area contributed by atoms with Gasteiger partial charge in [-0.05, 0) is 35.4 Å². The molecule has 0 spiro atoms. The Bertz CT molecular complexity index is 906. The summed E-state index contributed by atoms with van der Waals surface area (Å²) in [4.78, 5) is 12.4. The second kappa shape index (κ2) is 8.36. The molecule has 0 aliphatic heterocycles. The van der Waals surface area contributed by atoms with Crippen LogP contribution in [0.2, 0.25) is 0 Å². The Kier molecular flexibility index (Phi) is 6.12. The molecule has 1 heterocycles. The van der Waals surface area contributed by atoms with Crippen LogP contribution in [0.1, 0.15) is 31.7 Å². The maximum absolute atomic E-state index is 12.4. The number of amides is 1.